The van der Waals surface area contributed by atoms with Crippen LogP contribution in [0.2, 0.25) is 5.02 Å². The molecule has 4 rings (SSSR count). The van der Waals surface area contributed by atoms with Crippen LogP contribution in [0, 0.1) is 5.82 Å². The molecular formula is C23H18ClFN2O2. The summed E-state index contributed by atoms with van der Waals surface area (Å²) in [4.78, 5) is 27.1. The third kappa shape index (κ3) is 4.00. The fourth-order valence-electron chi connectivity index (χ4n) is 3.50. The van der Waals surface area contributed by atoms with Crippen LogP contribution in [0.3, 0.4) is 0 Å². The molecule has 6 heteroatoms. The van der Waals surface area contributed by atoms with Crippen molar-refractivity contribution in [2.24, 2.45) is 0 Å². The van der Waals surface area contributed by atoms with Crippen LogP contribution in [0.4, 0.5) is 15.8 Å². The Morgan fingerprint density at radius 2 is 1.83 bits per heavy atom. The van der Waals surface area contributed by atoms with Crippen molar-refractivity contribution in [3.63, 3.8) is 0 Å². The molecule has 1 aliphatic rings. The summed E-state index contributed by atoms with van der Waals surface area (Å²) in [6.45, 7) is 0.508. The maximum Gasteiger partial charge on any atom is 0.261 e. The van der Waals surface area contributed by atoms with Gasteiger partial charge in [-0.15, -0.1) is 0 Å². The minimum atomic E-state index is -0.540. The average molecular weight is 409 g/mol. The Morgan fingerprint density at radius 1 is 1.00 bits per heavy atom. The number of nitrogens with one attached hydrogen (secondary N) is 1. The summed E-state index contributed by atoms with van der Waals surface area (Å²) in [5.74, 6) is -1.17. The average Bonchev–Trinajstić information content (AvgIpc) is 2.73. The van der Waals surface area contributed by atoms with Crippen LogP contribution in [-0.2, 0) is 6.42 Å². The highest BCUT2D eigenvalue weighted by molar-refractivity contribution is 6.31. The molecule has 1 aliphatic heterocycles. The number of hydrogen-bond donors (Lipinski definition) is 1. The van der Waals surface area contributed by atoms with Gasteiger partial charge >= 0.3 is 0 Å². The number of nitrogens with zero attached hydrogens (tertiary/aromatic N) is 1. The molecule has 29 heavy (non-hydrogen) atoms. The zero-order chi connectivity index (χ0) is 20.4. The van der Waals surface area contributed by atoms with E-state index >= 15 is 0 Å². The van der Waals surface area contributed by atoms with Crippen LogP contribution in [0.25, 0.3) is 0 Å². The van der Waals surface area contributed by atoms with E-state index in [4.69, 9.17) is 11.6 Å². The second kappa shape index (κ2) is 8.05. The predicted octanol–water partition coefficient (Wildman–Crippen LogP) is 5.32. The van der Waals surface area contributed by atoms with Crippen LogP contribution in [0.15, 0.2) is 66.7 Å². The highest BCUT2D eigenvalue weighted by Crippen LogP contribution is 2.30. The van der Waals surface area contributed by atoms with Gasteiger partial charge in [0.1, 0.15) is 5.82 Å². The maximum atomic E-state index is 14.1. The summed E-state index contributed by atoms with van der Waals surface area (Å²) in [5, 5.41) is 3.36. The van der Waals surface area contributed by atoms with E-state index in [0.29, 0.717) is 28.5 Å². The van der Waals surface area contributed by atoms with E-state index in [1.165, 1.54) is 12.1 Å². The quantitative estimate of drug-likeness (QED) is 0.637. The fourth-order valence-corrected chi connectivity index (χ4v) is 3.69. The fraction of sp³-hybridized carbons (Fsp3) is 0.130. The molecule has 3 aromatic carbocycles. The molecule has 0 atom stereocenters. The predicted molar refractivity (Wildman–Crippen MR) is 112 cm³/mol. The van der Waals surface area contributed by atoms with E-state index in [-0.39, 0.29) is 17.4 Å². The summed E-state index contributed by atoms with van der Waals surface area (Å²) >= 11 is 5.96. The topological polar surface area (TPSA) is 49.4 Å². The van der Waals surface area contributed by atoms with Gasteiger partial charge < -0.3 is 10.2 Å². The third-order valence-electron chi connectivity index (χ3n) is 4.89. The Balaban J connectivity index is 1.59. The first-order valence-electron chi connectivity index (χ1n) is 9.29. The van der Waals surface area contributed by atoms with Crippen molar-refractivity contribution in [2.75, 3.05) is 16.8 Å². The number of rotatable bonds is 3. The van der Waals surface area contributed by atoms with Crippen molar-refractivity contribution in [1.29, 1.82) is 0 Å². The zero-order valence-electron chi connectivity index (χ0n) is 15.5. The number of carbonyl (C=O) groups is 2. The van der Waals surface area contributed by atoms with Crippen LogP contribution in [0.1, 0.15) is 32.7 Å². The summed E-state index contributed by atoms with van der Waals surface area (Å²) in [6.07, 6.45) is 1.49. The smallest absolute Gasteiger partial charge is 0.261 e. The molecule has 4 nitrogen and oxygen atoms in total. The van der Waals surface area contributed by atoms with Crippen molar-refractivity contribution >= 4 is 34.8 Å². The number of anilines is 2. The number of carbonyl (C=O) groups excluding carboxylic acids is 2. The van der Waals surface area contributed by atoms with Gasteiger partial charge in [0.05, 0.1) is 5.56 Å². The van der Waals surface area contributed by atoms with Gasteiger partial charge in [-0.2, -0.15) is 0 Å². The van der Waals surface area contributed by atoms with E-state index in [0.717, 1.165) is 18.4 Å². The third-order valence-corrected chi connectivity index (χ3v) is 5.13. The van der Waals surface area contributed by atoms with Crippen LogP contribution in [-0.4, -0.2) is 18.4 Å². The number of aryl methyl sites for hydroxylation is 1. The van der Waals surface area contributed by atoms with Gasteiger partial charge in [0.2, 0.25) is 0 Å². The van der Waals surface area contributed by atoms with E-state index < -0.39 is 5.82 Å². The molecule has 0 bridgehead atoms. The van der Waals surface area contributed by atoms with Crippen molar-refractivity contribution in [3.05, 3.63) is 94.3 Å². The lowest BCUT2D eigenvalue weighted by Crippen LogP contribution is -2.36. The molecule has 0 saturated heterocycles. The molecule has 1 heterocycles. The summed E-state index contributed by atoms with van der Waals surface area (Å²) in [6, 6.07) is 18.1. The monoisotopic (exact) mass is 408 g/mol. The van der Waals surface area contributed by atoms with Crippen molar-refractivity contribution in [3.8, 4) is 0 Å². The molecule has 0 saturated carbocycles. The molecule has 0 fully saturated rings. The summed E-state index contributed by atoms with van der Waals surface area (Å²) in [7, 11) is 0. The molecule has 0 radical (unpaired) electrons. The first-order valence-corrected chi connectivity index (χ1v) is 9.67. The lowest BCUT2D eigenvalue weighted by molar-refractivity contribution is 0.0980. The lowest BCUT2D eigenvalue weighted by Gasteiger charge is -2.30. The van der Waals surface area contributed by atoms with Gasteiger partial charge in [-0.3, -0.25) is 9.59 Å². The first-order chi connectivity index (χ1) is 14.0. The number of fused-ring (bicyclic) bond motifs is 1. The largest absolute Gasteiger partial charge is 0.322 e. The Labute approximate surface area is 172 Å². The minimum Gasteiger partial charge on any atom is -0.322 e. The number of hydrogen-bond acceptors (Lipinski definition) is 2. The summed E-state index contributed by atoms with van der Waals surface area (Å²) < 4.78 is 14.1. The molecule has 2 amide bonds. The van der Waals surface area contributed by atoms with Crippen LogP contribution >= 0.6 is 11.6 Å². The van der Waals surface area contributed by atoms with Crippen molar-refractivity contribution in [2.45, 2.75) is 12.8 Å². The highest BCUT2D eigenvalue weighted by Gasteiger charge is 2.26. The van der Waals surface area contributed by atoms with Crippen LogP contribution in [0.5, 0.6) is 0 Å². The van der Waals surface area contributed by atoms with Gasteiger partial charge in [-0.05, 0) is 66.9 Å². The van der Waals surface area contributed by atoms with Gasteiger partial charge in [0, 0.05) is 28.5 Å². The van der Waals surface area contributed by atoms with Gasteiger partial charge in [0.25, 0.3) is 11.8 Å². The maximum absolute atomic E-state index is 14.1. The van der Waals surface area contributed by atoms with Crippen LogP contribution < -0.4 is 10.2 Å². The number of amides is 2. The van der Waals surface area contributed by atoms with Gasteiger partial charge in [-0.1, -0.05) is 29.8 Å². The SMILES string of the molecule is O=C(Nc1cccc(Cl)c1)c1ccc2c(c1)CCCN2C(=O)c1ccccc1F. The van der Waals surface area contributed by atoms with E-state index in [2.05, 4.69) is 5.32 Å². The lowest BCUT2D eigenvalue weighted by atomic mass is 9.98. The minimum absolute atomic E-state index is 0.0446. The van der Waals surface area contributed by atoms with Gasteiger partial charge in [-0.25, -0.2) is 4.39 Å². The normalized spacial score (nSPS) is 13.0. The van der Waals surface area contributed by atoms with Gasteiger partial charge in [0.15, 0.2) is 0 Å². The number of halogens is 2. The molecule has 146 valence electrons. The van der Waals surface area contributed by atoms with Crippen molar-refractivity contribution < 1.29 is 14.0 Å². The van der Waals surface area contributed by atoms with E-state index in [1.807, 2.05) is 0 Å². The molecule has 3 aromatic rings. The summed E-state index contributed by atoms with van der Waals surface area (Å²) in [5.41, 5.74) is 2.74. The molecule has 0 spiro atoms. The Hall–Kier alpha value is -3.18. The highest BCUT2D eigenvalue weighted by atomic mass is 35.5. The standard InChI is InChI=1S/C23H18ClFN2O2/c24-17-6-3-7-18(14-17)26-22(28)16-10-11-21-15(13-16)5-4-12-27(21)23(29)19-8-1-2-9-20(19)25/h1-3,6-11,13-14H,4-5,12H2,(H,26,28). The molecule has 0 aromatic heterocycles. The molecule has 1 N–H and O–H groups in total. The second-order valence-corrected chi connectivity index (χ2v) is 7.28. The Morgan fingerprint density at radius 3 is 2.62 bits per heavy atom. The first kappa shape index (κ1) is 19.2. The number of benzene rings is 3. The molecule has 0 aliphatic carbocycles. The van der Waals surface area contributed by atoms with Crippen molar-refractivity contribution in [1.82, 2.24) is 0 Å². The molecular weight excluding hydrogens is 391 g/mol. The zero-order valence-corrected chi connectivity index (χ0v) is 16.2. The van der Waals surface area contributed by atoms with E-state index in [9.17, 15) is 14.0 Å². The Bertz CT molecular complexity index is 1100. The van der Waals surface area contributed by atoms with E-state index in [1.54, 1.807) is 59.5 Å². The molecule has 0 unspecified atom stereocenters. The second-order valence-electron chi connectivity index (χ2n) is 6.85. The Kier molecular flexibility index (Phi) is 5.32.